The van der Waals surface area contributed by atoms with E-state index in [1.165, 1.54) is 15.9 Å². The van der Waals surface area contributed by atoms with Gasteiger partial charge in [0.1, 0.15) is 30.3 Å². The first-order chi connectivity index (χ1) is 12.7. The average molecular weight is 400 g/mol. The van der Waals surface area contributed by atoms with Crippen molar-refractivity contribution in [3.63, 3.8) is 0 Å². The van der Waals surface area contributed by atoms with Crippen molar-refractivity contribution in [1.29, 1.82) is 0 Å². The molecule has 146 valence electrons. The van der Waals surface area contributed by atoms with Gasteiger partial charge in [0.15, 0.2) is 17.9 Å². The van der Waals surface area contributed by atoms with E-state index in [1.807, 2.05) is 0 Å². The Morgan fingerprint density at radius 2 is 2.07 bits per heavy atom. The van der Waals surface area contributed by atoms with Crippen molar-refractivity contribution in [2.24, 2.45) is 10.8 Å². The predicted octanol–water partition coefficient (Wildman–Crippen LogP) is -1.77. The van der Waals surface area contributed by atoms with Gasteiger partial charge in [-0.3, -0.25) is 4.52 Å². The third kappa shape index (κ3) is 2.99. The molecular formula is C13H17N6O7P. The van der Waals surface area contributed by atoms with Gasteiger partial charge in [-0.25, -0.2) is 19.5 Å². The van der Waals surface area contributed by atoms with Crippen LogP contribution in [0.1, 0.15) is 11.8 Å². The van der Waals surface area contributed by atoms with Crippen molar-refractivity contribution in [2.75, 3.05) is 18.7 Å². The van der Waals surface area contributed by atoms with Crippen LogP contribution in [-0.4, -0.2) is 72.3 Å². The van der Waals surface area contributed by atoms with Crippen LogP contribution in [-0.2, 0) is 13.8 Å². The summed E-state index contributed by atoms with van der Waals surface area (Å²) in [7, 11) is -3.07. The molecule has 14 heteroatoms. The molecule has 2 aliphatic rings. The molecule has 0 bridgehead atoms. The molecule has 0 aromatic carbocycles. The van der Waals surface area contributed by atoms with Gasteiger partial charge in [-0.2, -0.15) is 5.10 Å². The monoisotopic (exact) mass is 400 g/mol. The summed E-state index contributed by atoms with van der Waals surface area (Å²) in [4.78, 5) is 26.0. The molecular weight excluding hydrogens is 383 g/mol. The highest BCUT2D eigenvalue weighted by molar-refractivity contribution is 7.46. The minimum Gasteiger partial charge on any atom is -0.387 e. The second-order valence-electron chi connectivity index (χ2n) is 6.19. The third-order valence-electron chi connectivity index (χ3n) is 4.45. The van der Waals surface area contributed by atoms with Crippen LogP contribution in [0.3, 0.4) is 0 Å². The molecule has 0 radical (unpaired) electrons. The lowest BCUT2D eigenvalue weighted by molar-refractivity contribution is -0.0501. The van der Waals surface area contributed by atoms with Gasteiger partial charge in [0.2, 0.25) is 0 Å². The van der Waals surface area contributed by atoms with Crippen LogP contribution in [0.2, 0.25) is 0 Å². The first kappa shape index (κ1) is 18.3. The number of nitrogens with zero attached hydrogens (tertiary/aromatic N) is 5. The van der Waals surface area contributed by atoms with E-state index in [0.717, 1.165) is 0 Å². The summed E-state index contributed by atoms with van der Waals surface area (Å²) in [5.74, 6) is 0.732. The van der Waals surface area contributed by atoms with Gasteiger partial charge in [0.05, 0.1) is 12.0 Å². The van der Waals surface area contributed by atoms with Crippen LogP contribution in [0.15, 0.2) is 17.6 Å². The van der Waals surface area contributed by atoms with Gasteiger partial charge < -0.3 is 35.0 Å². The van der Waals surface area contributed by atoms with Crippen molar-refractivity contribution < 1.29 is 33.8 Å². The number of hydrogen-bond acceptors (Lipinski definition) is 10. The number of anilines is 1. The van der Waals surface area contributed by atoms with Crippen LogP contribution in [0, 0.1) is 0 Å². The zero-order valence-corrected chi connectivity index (χ0v) is 14.8. The van der Waals surface area contributed by atoms with Crippen molar-refractivity contribution in [3.05, 3.63) is 18.1 Å². The van der Waals surface area contributed by atoms with Gasteiger partial charge in [0, 0.05) is 18.8 Å². The Labute approximate surface area is 151 Å². The molecule has 2 unspecified atom stereocenters. The van der Waals surface area contributed by atoms with E-state index >= 15 is 0 Å². The first-order valence-corrected chi connectivity index (χ1v) is 9.36. The molecule has 2 aliphatic heterocycles. The Bertz CT molecular complexity index is 973. The van der Waals surface area contributed by atoms with Crippen LogP contribution in [0.25, 0.3) is 11.0 Å². The second kappa shape index (κ2) is 6.21. The molecule has 0 saturated carbocycles. The highest BCUT2D eigenvalue weighted by Crippen LogP contribution is 2.40. The molecule has 4 atom stereocenters. The normalized spacial score (nSPS) is 28.0. The lowest BCUT2D eigenvalue weighted by Crippen LogP contribution is -2.33. The summed E-state index contributed by atoms with van der Waals surface area (Å²) in [6, 6.07) is 0. The fourth-order valence-corrected chi connectivity index (χ4v) is 3.57. The van der Waals surface area contributed by atoms with E-state index in [9.17, 15) is 14.8 Å². The maximum atomic E-state index is 10.9. The van der Waals surface area contributed by atoms with Crippen molar-refractivity contribution in [3.8, 4) is 0 Å². The Hall–Kier alpha value is -2.12. The summed E-state index contributed by atoms with van der Waals surface area (Å²) >= 11 is 0. The Kier molecular flexibility index (Phi) is 4.20. The van der Waals surface area contributed by atoms with Crippen molar-refractivity contribution in [2.45, 2.75) is 24.5 Å². The zero-order valence-electron chi connectivity index (χ0n) is 13.9. The Balaban J connectivity index is 1.72. The maximum absolute atomic E-state index is 10.9. The molecule has 27 heavy (non-hydrogen) atoms. The minimum atomic E-state index is -4.75. The van der Waals surface area contributed by atoms with Gasteiger partial charge in [-0.1, -0.05) is 0 Å². The van der Waals surface area contributed by atoms with E-state index in [-0.39, 0.29) is 5.84 Å². The average Bonchev–Trinajstić information content (AvgIpc) is 3.11. The maximum Gasteiger partial charge on any atom is 0.469 e. The summed E-state index contributed by atoms with van der Waals surface area (Å²) in [6.45, 7) is -0.600. The standard InChI is InChI=1S/C13H17N6O7P/c1-18-11-7-5(10(14)17-18)2-19(12(7)16-4-15-11)13-9(21)8(20)6(26-13)3-25-27(22,23)24/h2,4,6,8-9,13,20-21H,3H2,1H3,(H2,14,17)(H2,22,23,24)/t6-,8?,9?,13-/m1/s1. The summed E-state index contributed by atoms with van der Waals surface area (Å²) < 4.78 is 22.3. The summed E-state index contributed by atoms with van der Waals surface area (Å²) in [5.41, 5.74) is 6.91. The molecule has 0 spiro atoms. The molecule has 4 rings (SSSR count). The fraction of sp³-hybridized carbons (Fsp3) is 0.462. The van der Waals surface area contributed by atoms with Gasteiger partial charge in [-0.05, 0) is 0 Å². The Morgan fingerprint density at radius 1 is 1.33 bits per heavy atom. The lowest BCUT2D eigenvalue weighted by Gasteiger charge is -2.19. The number of hydrazone groups is 1. The highest BCUT2D eigenvalue weighted by Gasteiger charge is 2.45. The number of rotatable bonds is 4. The van der Waals surface area contributed by atoms with E-state index in [4.69, 9.17) is 20.3 Å². The second-order valence-corrected chi connectivity index (χ2v) is 7.43. The van der Waals surface area contributed by atoms with E-state index in [2.05, 4.69) is 19.6 Å². The minimum absolute atomic E-state index is 0.220. The number of aliphatic hydroxyl groups excluding tert-OH is 2. The van der Waals surface area contributed by atoms with Crippen LogP contribution >= 0.6 is 7.82 Å². The number of nitrogens with two attached hydrogens (primary N) is 1. The van der Waals surface area contributed by atoms with Crippen molar-refractivity contribution >= 4 is 30.5 Å². The topological polar surface area (TPSA) is 189 Å². The lowest BCUT2D eigenvalue weighted by atomic mass is 10.1. The highest BCUT2D eigenvalue weighted by atomic mass is 31.2. The van der Waals surface area contributed by atoms with E-state index in [1.54, 1.807) is 13.2 Å². The molecule has 2 aromatic rings. The molecule has 13 nitrogen and oxygen atoms in total. The number of phosphoric acid groups is 1. The summed E-state index contributed by atoms with van der Waals surface area (Å²) in [5, 5.41) is 26.8. The molecule has 0 aliphatic carbocycles. The fourth-order valence-electron chi connectivity index (χ4n) is 3.23. The van der Waals surface area contributed by atoms with Gasteiger partial charge in [0.25, 0.3) is 0 Å². The summed E-state index contributed by atoms with van der Waals surface area (Å²) in [6.07, 6.45) is -2.17. The SMILES string of the molecule is CN1N=C(N)c2cn([C@@H]3O[C@H](COP(=O)(O)O)C(O)C3O)c3ncnc1c23. The molecule has 1 saturated heterocycles. The third-order valence-corrected chi connectivity index (χ3v) is 4.93. The number of phosphoric ester groups is 1. The van der Waals surface area contributed by atoms with Crippen LogP contribution < -0.4 is 10.7 Å². The van der Waals surface area contributed by atoms with Crippen LogP contribution in [0.5, 0.6) is 0 Å². The molecule has 2 aromatic heterocycles. The molecule has 0 amide bonds. The number of hydrogen-bond donors (Lipinski definition) is 5. The molecule has 6 N–H and O–H groups in total. The van der Waals surface area contributed by atoms with Crippen molar-refractivity contribution in [1.82, 2.24) is 14.5 Å². The zero-order chi connectivity index (χ0) is 19.5. The van der Waals surface area contributed by atoms with Crippen LogP contribution in [0.4, 0.5) is 5.82 Å². The number of aromatic nitrogens is 3. The quantitative estimate of drug-likeness (QED) is 0.365. The number of aliphatic hydroxyl groups is 2. The molecule has 1 fully saturated rings. The van der Waals surface area contributed by atoms with Gasteiger partial charge >= 0.3 is 7.82 Å². The predicted molar refractivity (Wildman–Crippen MR) is 90.6 cm³/mol. The smallest absolute Gasteiger partial charge is 0.387 e. The van der Waals surface area contributed by atoms with E-state index in [0.29, 0.717) is 22.4 Å². The Morgan fingerprint density at radius 3 is 2.78 bits per heavy atom. The van der Waals surface area contributed by atoms with Gasteiger partial charge in [-0.15, -0.1) is 0 Å². The molecule has 4 heterocycles. The number of amidine groups is 1. The van der Waals surface area contributed by atoms with E-state index < -0.39 is 39.0 Å². The number of ether oxygens (including phenoxy) is 1. The first-order valence-electron chi connectivity index (χ1n) is 7.83. The largest absolute Gasteiger partial charge is 0.469 e.